The van der Waals surface area contributed by atoms with Crippen LogP contribution in [0.5, 0.6) is 0 Å². The van der Waals surface area contributed by atoms with E-state index in [9.17, 15) is 13.2 Å². The summed E-state index contributed by atoms with van der Waals surface area (Å²) in [4.78, 5) is 1.95. The van der Waals surface area contributed by atoms with E-state index in [-0.39, 0.29) is 12.1 Å². The first-order valence-corrected chi connectivity index (χ1v) is 6.81. The Bertz CT molecular complexity index is 673. The molecule has 1 heterocycles. The zero-order chi connectivity index (χ0) is 15.0. The average molecular weight is 292 g/mol. The molecule has 110 valence electrons. The molecule has 5 heteroatoms. The lowest BCUT2D eigenvalue weighted by molar-refractivity contribution is 0.481. The number of para-hydroxylation sites is 1. The first-order chi connectivity index (χ1) is 10.1. The van der Waals surface area contributed by atoms with E-state index in [2.05, 4.69) is 0 Å². The van der Waals surface area contributed by atoms with Crippen molar-refractivity contribution in [3.8, 4) is 0 Å². The van der Waals surface area contributed by atoms with Gasteiger partial charge in [-0.15, -0.1) is 0 Å². The zero-order valence-electron chi connectivity index (χ0n) is 11.3. The van der Waals surface area contributed by atoms with E-state index in [0.29, 0.717) is 12.6 Å². The third kappa shape index (κ3) is 2.38. The van der Waals surface area contributed by atoms with Crippen molar-refractivity contribution in [3.63, 3.8) is 0 Å². The molecule has 2 N–H and O–H groups in total. The Labute approximate surface area is 121 Å². The lowest BCUT2D eigenvalue weighted by Crippen LogP contribution is -2.33. The van der Waals surface area contributed by atoms with Crippen molar-refractivity contribution in [2.45, 2.75) is 12.5 Å². The quantitative estimate of drug-likeness (QED) is 0.880. The van der Waals surface area contributed by atoms with Gasteiger partial charge in [-0.05, 0) is 24.1 Å². The van der Waals surface area contributed by atoms with Crippen LogP contribution in [-0.4, -0.2) is 13.1 Å². The molecule has 0 spiro atoms. The van der Waals surface area contributed by atoms with Crippen molar-refractivity contribution in [1.82, 2.24) is 0 Å². The topological polar surface area (TPSA) is 29.3 Å². The molecule has 1 unspecified atom stereocenters. The second kappa shape index (κ2) is 5.41. The van der Waals surface area contributed by atoms with E-state index in [4.69, 9.17) is 5.73 Å². The first kappa shape index (κ1) is 13.9. The van der Waals surface area contributed by atoms with Crippen molar-refractivity contribution in [2.24, 2.45) is 5.73 Å². The normalized spacial score (nSPS) is 15.1. The summed E-state index contributed by atoms with van der Waals surface area (Å²) in [6.45, 7) is 0.802. The molecule has 2 aromatic rings. The number of hydrogen-bond acceptors (Lipinski definition) is 2. The largest absolute Gasteiger partial charge is 0.363 e. The fourth-order valence-electron chi connectivity index (χ4n) is 2.90. The Hall–Kier alpha value is -2.01. The van der Waals surface area contributed by atoms with Gasteiger partial charge in [-0.1, -0.05) is 18.2 Å². The summed E-state index contributed by atoms with van der Waals surface area (Å²) < 4.78 is 40.5. The van der Waals surface area contributed by atoms with Gasteiger partial charge in [0.1, 0.15) is 5.82 Å². The highest BCUT2D eigenvalue weighted by molar-refractivity contribution is 5.59. The van der Waals surface area contributed by atoms with Gasteiger partial charge in [0.2, 0.25) is 0 Å². The highest BCUT2D eigenvalue weighted by atomic mass is 19.2. The summed E-state index contributed by atoms with van der Waals surface area (Å²) >= 11 is 0. The predicted molar refractivity (Wildman–Crippen MR) is 75.6 cm³/mol. The molecule has 3 rings (SSSR count). The van der Waals surface area contributed by atoms with Gasteiger partial charge in [-0.2, -0.15) is 0 Å². The highest BCUT2D eigenvalue weighted by Gasteiger charge is 2.28. The maximum Gasteiger partial charge on any atom is 0.161 e. The molecule has 2 nitrogen and oxygen atoms in total. The zero-order valence-corrected chi connectivity index (χ0v) is 11.3. The molecule has 1 atom stereocenters. The standard InChI is InChI=1S/C16H15F3N2/c17-12-8-14(19)13(18)7-11(12)16(9-20)21-6-5-10-3-1-2-4-15(10)21/h1-4,7-8,16H,5-6,9,20H2. The number of benzene rings is 2. The van der Waals surface area contributed by atoms with Crippen LogP contribution in [0.4, 0.5) is 18.9 Å². The second-order valence-electron chi connectivity index (χ2n) is 5.11. The fourth-order valence-corrected chi connectivity index (χ4v) is 2.90. The van der Waals surface area contributed by atoms with Gasteiger partial charge >= 0.3 is 0 Å². The molecule has 0 fully saturated rings. The van der Waals surface area contributed by atoms with E-state index in [0.717, 1.165) is 23.7 Å². The van der Waals surface area contributed by atoms with E-state index in [1.165, 1.54) is 0 Å². The van der Waals surface area contributed by atoms with Crippen LogP contribution >= 0.6 is 0 Å². The summed E-state index contributed by atoms with van der Waals surface area (Å²) in [6.07, 6.45) is 0.831. The second-order valence-corrected chi connectivity index (χ2v) is 5.11. The number of fused-ring (bicyclic) bond motifs is 1. The van der Waals surface area contributed by atoms with Gasteiger partial charge in [-0.3, -0.25) is 0 Å². The summed E-state index contributed by atoms with van der Waals surface area (Å²) in [6, 6.07) is 8.75. The van der Waals surface area contributed by atoms with Gasteiger partial charge in [0, 0.05) is 30.4 Å². The summed E-state index contributed by atoms with van der Waals surface area (Å²) in [5.74, 6) is -3.01. The van der Waals surface area contributed by atoms with E-state index < -0.39 is 23.5 Å². The molecular formula is C16H15F3N2. The smallest absolute Gasteiger partial charge is 0.161 e. The minimum Gasteiger partial charge on any atom is -0.363 e. The Morgan fingerprint density at radius 1 is 1.05 bits per heavy atom. The van der Waals surface area contributed by atoms with Crippen LogP contribution in [0.15, 0.2) is 36.4 Å². The third-order valence-corrected chi connectivity index (χ3v) is 3.92. The Balaban J connectivity index is 2.03. The summed E-state index contributed by atoms with van der Waals surface area (Å²) in [5, 5.41) is 0. The van der Waals surface area contributed by atoms with Crippen molar-refractivity contribution >= 4 is 5.69 Å². The molecule has 0 bridgehead atoms. The molecule has 0 amide bonds. The molecule has 0 aromatic heterocycles. The minimum atomic E-state index is -1.19. The molecule has 0 aliphatic carbocycles. The van der Waals surface area contributed by atoms with Crippen LogP contribution in [0.3, 0.4) is 0 Å². The predicted octanol–water partition coefficient (Wildman–Crippen LogP) is 3.17. The Morgan fingerprint density at radius 2 is 1.76 bits per heavy atom. The molecule has 21 heavy (non-hydrogen) atoms. The number of anilines is 1. The molecule has 0 saturated carbocycles. The lowest BCUT2D eigenvalue weighted by atomic mass is 10.0. The van der Waals surface area contributed by atoms with Crippen LogP contribution in [0.2, 0.25) is 0 Å². The van der Waals surface area contributed by atoms with Gasteiger partial charge in [0.05, 0.1) is 6.04 Å². The summed E-state index contributed by atoms with van der Waals surface area (Å²) in [5.41, 5.74) is 7.99. The number of nitrogens with zero attached hydrogens (tertiary/aromatic N) is 1. The SMILES string of the molecule is NCC(c1cc(F)c(F)cc1F)N1CCc2ccccc21. The van der Waals surface area contributed by atoms with Crippen molar-refractivity contribution in [2.75, 3.05) is 18.0 Å². The Kier molecular flexibility index (Phi) is 3.59. The monoisotopic (exact) mass is 292 g/mol. The Morgan fingerprint density at radius 3 is 2.52 bits per heavy atom. The maximum absolute atomic E-state index is 14.0. The molecular weight excluding hydrogens is 277 g/mol. The van der Waals surface area contributed by atoms with Gasteiger partial charge in [0.15, 0.2) is 11.6 Å². The van der Waals surface area contributed by atoms with Crippen molar-refractivity contribution in [3.05, 3.63) is 65.0 Å². The first-order valence-electron chi connectivity index (χ1n) is 6.81. The third-order valence-electron chi connectivity index (χ3n) is 3.92. The van der Waals surface area contributed by atoms with Gasteiger partial charge < -0.3 is 10.6 Å². The highest BCUT2D eigenvalue weighted by Crippen LogP contribution is 2.35. The van der Waals surface area contributed by atoms with Crippen LogP contribution in [0.1, 0.15) is 17.2 Å². The van der Waals surface area contributed by atoms with Crippen molar-refractivity contribution in [1.29, 1.82) is 0 Å². The number of nitrogens with two attached hydrogens (primary N) is 1. The van der Waals surface area contributed by atoms with Gasteiger partial charge in [0.25, 0.3) is 0 Å². The summed E-state index contributed by atoms with van der Waals surface area (Å²) in [7, 11) is 0. The molecule has 2 aromatic carbocycles. The lowest BCUT2D eigenvalue weighted by Gasteiger charge is -2.30. The van der Waals surface area contributed by atoms with E-state index >= 15 is 0 Å². The maximum atomic E-state index is 14.0. The fraction of sp³-hybridized carbons (Fsp3) is 0.250. The van der Waals surface area contributed by atoms with Gasteiger partial charge in [-0.25, -0.2) is 13.2 Å². The van der Waals surface area contributed by atoms with E-state index in [1.54, 1.807) is 0 Å². The molecule has 1 aliphatic rings. The molecule has 0 saturated heterocycles. The molecule has 0 radical (unpaired) electrons. The van der Waals surface area contributed by atoms with Crippen LogP contribution in [0, 0.1) is 17.5 Å². The van der Waals surface area contributed by atoms with E-state index in [1.807, 2.05) is 29.2 Å². The van der Waals surface area contributed by atoms with Crippen molar-refractivity contribution < 1.29 is 13.2 Å². The number of halogens is 3. The van der Waals surface area contributed by atoms with Crippen LogP contribution in [-0.2, 0) is 6.42 Å². The average Bonchev–Trinajstić information content (AvgIpc) is 2.89. The van der Waals surface area contributed by atoms with Crippen LogP contribution < -0.4 is 10.6 Å². The number of hydrogen-bond donors (Lipinski definition) is 1. The molecule has 1 aliphatic heterocycles. The number of rotatable bonds is 3. The minimum absolute atomic E-state index is 0.0908. The van der Waals surface area contributed by atoms with Crippen LogP contribution in [0.25, 0.3) is 0 Å².